The Bertz CT molecular complexity index is 498. The lowest BCUT2D eigenvalue weighted by atomic mass is 9.96. The van der Waals surface area contributed by atoms with Gasteiger partial charge < -0.3 is 4.42 Å². The van der Waals surface area contributed by atoms with Crippen LogP contribution in [0.3, 0.4) is 0 Å². The lowest BCUT2D eigenvalue weighted by Gasteiger charge is -2.12. The molecular formula is C16H19ClO. The highest BCUT2D eigenvalue weighted by atomic mass is 35.5. The van der Waals surface area contributed by atoms with Crippen LogP contribution in [0.25, 0.3) is 0 Å². The average Bonchev–Trinajstić information content (AvgIpc) is 2.83. The molecule has 2 aromatic rings. The quantitative estimate of drug-likeness (QED) is 0.670. The Morgan fingerprint density at radius 3 is 2.22 bits per heavy atom. The second-order valence-electron chi connectivity index (χ2n) is 4.81. The van der Waals surface area contributed by atoms with Crippen molar-refractivity contribution >= 4 is 11.6 Å². The normalized spacial score (nSPS) is 14.4. The lowest BCUT2D eigenvalue weighted by molar-refractivity contribution is 0.513. The number of benzene rings is 1. The van der Waals surface area contributed by atoms with Crippen molar-refractivity contribution in [2.24, 2.45) is 0 Å². The van der Waals surface area contributed by atoms with E-state index in [0.717, 1.165) is 23.3 Å². The highest BCUT2D eigenvalue weighted by Gasteiger charge is 2.16. The molecule has 0 aliphatic rings. The van der Waals surface area contributed by atoms with E-state index in [-0.39, 0.29) is 5.38 Å². The molecule has 2 unspecified atom stereocenters. The molecule has 2 rings (SSSR count). The summed E-state index contributed by atoms with van der Waals surface area (Å²) in [6.07, 6.45) is 2.84. The van der Waals surface area contributed by atoms with E-state index in [4.69, 9.17) is 16.0 Å². The van der Waals surface area contributed by atoms with Crippen molar-refractivity contribution < 1.29 is 4.42 Å². The molecule has 2 heteroatoms. The second-order valence-corrected chi connectivity index (χ2v) is 5.24. The Balaban J connectivity index is 2.22. The first kappa shape index (κ1) is 13.2. The Morgan fingerprint density at radius 2 is 1.72 bits per heavy atom. The van der Waals surface area contributed by atoms with Gasteiger partial charge in [0.2, 0.25) is 0 Å². The molecule has 18 heavy (non-hydrogen) atoms. The molecule has 0 amide bonds. The highest BCUT2D eigenvalue weighted by molar-refractivity contribution is 6.22. The summed E-state index contributed by atoms with van der Waals surface area (Å²) in [7, 11) is 0. The van der Waals surface area contributed by atoms with Gasteiger partial charge in [0, 0.05) is 0 Å². The van der Waals surface area contributed by atoms with Gasteiger partial charge in [-0.3, -0.25) is 0 Å². The zero-order chi connectivity index (χ0) is 13.1. The van der Waals surface area contributed by atoms with Crippen molar-refractivity contribution in [1.29, 1.82) is 0 Å². The molecule has 0 saturated carbocycles. The molecular weight excluding hydrogens is 244 g/mol. The molecule has 0 radical (unpaired) electrons. The Morgan fingerprint density at radius 1 is 1.11 bits per heavy atom. The minimum absolute atomic E-state index is 0.203. The van der Waals surface area contributed by atoms with Crippen LogP contribution in [0.2, 0.25) is 0 Å². The van der Waals surface area contributed by atoms with E-state index in [2.05, 4.69) is 38.1 Å². The zero-order valence-electron chi connectivity index (χ0n) is 11.1. The van der Waals surface area contributed by atoms with Crippen LogP contribution < -0.4 is 0 Å². The maximum absolute atomic E-state index is 6.45. The minimum atomic E-state index is -0.203. The molecule has 0 N–H and O–H groups in total. The number of alkyl halides is 1. The SMILES string of the molecule is CCC(C)c1ccc(C(Cl)c2occc2C)cc1. The van der Waals surface area contributed by atoms with E-state index in [1.807, 2.05) is 13.0 Å². The Labute approximate surface area is 114 Å². The van der Waals surface area contributed by atoms with Crippen LogP contribution in [0.4, 0.5) is 0 Å². The number of furan rings is 1. The zero-order valence-corrected chi connectivity index (χ0v) is 11.9. The van der Waals surface area contributed by atoms with Crippen molar-refractivity contribution in [2.75, 3.05) is 0 Å². The molecule has 1 heterocycles. The monoisotopic (exact) mass is 262 g/mol. The molecule has 0 aliphatic carbocycles. The van der Waals surface area contributed by atoms with Crippen molar-refractivity contribution in [3.63, 3.8) is 0 Å². The predicted octanol–water partition coefficient (Wildman–Crippen LogP) is 5.43. The van der Waals surface area contributed by atoms with E-state index in [0.29, 0.717) is 5.92 Å². The predicted molar refractivity (Wildman–Crippen MR) is 76.3 cm³/mol. The van der Waals surface area contributed by atoms with Gasteiger partial charge in [0.1, 0.15) is 11.1 Å². The molecule has 0 fully saturated rings. The number of hydrogen-bond donors (Lipinski definition) is 0. The van der Waals surface area contributed by atoms with Gasteiger partial charge in [-0.1, -0.05) is 38.1 Å². The smallest absolute Gasteiger partial charge is 0.128 e. The first-order chi connectivity index (χ1) is 8.63. The fraction of sp³-hybridized carbons (Fsp3) is 0.375. The van der Waals surface area contributed by atoms with Gasteiger partial charge >= 0.3 is 0 Å². The molecule has 96 valence electrons. The van der Waals surface area contributed by atoms with Crippen molar-refractivity contribution in [2.45, 2.75) is 38.5 Å². The van der Waals surface area contributed by atoms with E-state index in [1.165, 1.54) is 5.56 Å². The average molecular weight is 263 g/mol. The van der Waals surface area contributed by atoms with Crippen LogP contribution >= 0.6 is 11.6 Å². The largest absolute Gasteiger partial charge is 0.467 e. The van der Waals surface area contributed by atoms with Crippen LogP contribution in [0.15, 0.2) is 41.0 Å². The van der Waals surface area contributed by atoms with E-state index in [1.54, 1.807) is 6.26 Å². The maximum atomic E-state index is 6.45. The number of halogens is 1. The van der Waals surface area contributed by atoms with Crippen LogP contribution in [-0.4, -0.2) is 0 Å². The molecule has 0 saturated heterocycles. The van der Waals surface area contributed by atoms with Gasteiger partial charge in [-0.15, -0.1) is 11.6 Å². The fourth-order valence-corrected chi connectivity index (χ4v) is 2.39. The summed E-state index contributed by atoms with van der Waals surface area (Å²) in [5.41, 5.74) is 3.55. The summed E-state index contributed by atoms with van der Waals surface area (Å²) in [6, 6.07) is 10.5. The first-order valence-corrected chi connectivity index (χ1v) is 6.85. The van der Waals surface area contributed by atoms with Crippen LogP contribution in [0.5, 0.6) is 0 Å². The molecule has 1 aromatic carbocycles. The first-order valence-electron chi connectivity index (χ1n) is 6.41. The lowest BCUT2D eigenvalue weighted by Crippen LogP contribution is -1.96. The molecule has 1 aromatic heterocycles. The summed E-state index contributed by atoms with van der Waals surface area (Å²) in [4.78, 5) is 0. The molecule has 0 spiro atoms. The Kier molecular flexibility index (Phi) is 4.13. The highest BCUT2D eigenvalue weighted by Crippen LogP contribution is 2.32. The van der Waals surface area contributed by atoms with Gasteiger partial charge in [0.15, 0.2) is 0 Å². The van der Waals surface area contributed by atoms with Crippen LogP contribution in [-0.2, 0) is 0 Å². The minimum Gasteiger partial charge on any atom is -0.467 e. The number of aryl methyl sites for hydroxylation is 1. The Hall–Kier alpha value is -1.21. The molecule has 1 nitrogen and oxygen atoms in total. The summed E-state index contributed by atoms with van der Waals surface area (Å²) in [5.74, 6) is 1.44. The van der Waals surface area contributed by atoms with Crippen molar-refractivity contribution in [1.82, 2.24) is 0 Å². The summed E-state index contributed by atoms with van der Waals surface area (Å²) in [5, 5.41) is -0.203. The second kappa shape index (κ2) is 5.62. The molecule has 0 aliphatic heterocycles. The van der Waals surface area contributed by atoms with Gasteiger partial charge in [0.05, 0.1) is 6.26 Å². The van der Waals surface area contributed by atoms with Gasteiger partial charge in [0.25, 0.3) is 0 Å². The van der Waals surface area contributed by atoms with E-state index >= 15 is 0 Å². The maximum Gasteiger partial charge on any atom is 0.128 e. The third kappa shape index (κ3) is 2.62. The van der Waals surface area contributed by atoms with Crippen LogP contribution in [0.1, 0.15) is 54.0 Å². The topological polar surface area (TPSA) is 13.1 Å². The van der Waals surface area contributed by atoms with Crippen LogP contribution in [0, 0.1) is 6.92 Å². The van der Waals surface area contributed by atoms with Crippen molar-refractivity contribution in [3.05, 3.63) is 59.0 Å². The molecule has 0 bridgehead atoms. The van der Waals surface area contributed by atoms with E-state index < -0.39 is 0 Å². The molecule has 2 atom stereocenters. The van der Waals surface area contributed by atoms with Crippen molar-refractivity contribution in [3.8, 4) is 0 Å². The standard InChI is InChI=1S/C16H19ClO/c1-4-11(2)13-5-7-14(8-6-13)15(17)16-12(3)9-10-18-16/h5-11,15H,4H2,1-3H3. The summed E-state index contributed by atoms with van der Waals surface area (Å²) >= 11 is 6.45. The van der Waals surface area contributed by atoms with Gasteiger partial charge in [-0.2, -0.15) is 0 Å². The van der Waals surface area contributed by atoms with E-state index in [9.17, 15) is 0 Å². The summed E-state index contributed by atoms with van der Waals surface area (Å²) < 4.78 is 5.45. The fourth-order valence-electron chi connectivity index (χ4n) is 2.02. The third-order valence-electron chi connectivity index (χ3n) is 3.54. The number of rotatable bonds is 4. The van der Waals surface area contributed by atoms with Gasteiger partial charge in [-0.25, -0.2) is 0 Å². The van der Waals surface area contributed by atoms with Gasteiger partial charge in [-0.05, 0) is 42.0 Å². The summed E-state index contributed by atoms with van der Waals surface area (Å²) in [6.45, 7) is 6.46. The number of hydrogen-bond acceptors (Lipinski definition) is 1. The third-order valence-corrected chi connectivity index (χ3v) is 3.99.